The Kier molecular flexibility index (Phi) is 7.86. The lowest BCUT2D eigenvalue weighted by Crippen LogP contribution is -2.21. The number of methoxy groups -OCH3 is 1. The maximum absolute atomic E-state index is 14.0. The van der Waals surface area contributed by atoms with Gasteiger partial charge < -0.3 is 19.7 Å². The molecule has 2 N–H and O–H groups in total. The van der Waals surface area contributed by atoms with Gasteiger partial charge in [-0.3, -0.25) is 14.4 Å². The molecule has 0 fully saturated rings. The minimum atomic E-state index is -1.22. The van der Waals surface area contributed by atoms with Crippen LogP contribution >= 0.6 is 0 Å². The van der Waals surface area contributed by atoms with Crippen LogP contribution in [0.5, 0.6) is 17.2 Å². The van der Waals surface area contributed by atoms with Gasteiger partial charge >= 0.3 is 11.9 Å². The monoisotopic (exact) mass is 538 g/mol. The lowest BCUT2D eigenvalue weighted by molar-refractivity contribution is 0.0589. The number of phenolic OH excluding ortho intramolecular Hbond substituents is 2. The molecule has 0 aliphatic carbocycles. The van der Waals surface area contributed by atoms with E-state index in [0.717, 1.165) is 7.11 Å². The first-order chi connectivity index (χ1) is 19.1. The summed E-state index contributed by atoms with van der Waals surface area (Å²) in [5.74, 6) is -7.60. The van der Waals surface area contributed by atoms with Gasteiger partial charge in [-0.05, 0) is 25.1 Å². The quantitative estimate of drug-likeness (QED) is 0.140. The fourth-order valence-electron chi connectivity index (χ4n) is 4.03. The highest BCUT2D eigenvalue weighted by Gasteiger charge is 2.37. The van der Waals surface area contributed by atoms with Crippen molar-refractivity contribution >= 4 is 29.3 Å². The number of carbonyl (C=O) groups is 5. The van der Waals surface area contributed by atoms with Crippen LogP contribution < -0.4 is 4.74 Å². The molecule has 200 valence electrons. The fourth-order valence-corrected chi connectivity index (χ4v) is 4.03. The van der Waals surface area contributed by atoms with Gasteiger partial charge in [0.25, 0.3) is 0 Å². The van der Waals surface area contributed by atoms with Crippen LogP contribution in [0.2, 0.25) is 0 Å². The molecule has 0 unspecified atom stereocenters. The third-order valence-electron chi connectivity index (χ3n) is 6.02. The van der Waals surface area contributed by atoms with Gasteiger partial charge in [0.15, 0.2) is 28.8 Å². The lowest BCUT2D eigenvalue weighted by Gasteiger charge is -2.19. The molecule has 0 aliphatic heterocycles. The summed E-state index contributed by atoms with van der Waals surface area (Å²) in [6.45, 7) is 1.29. The topological polar surface area (TPSA) is 144 Å². The Hall–Kier alpha value is -5.57. The molecule has 9 heteroatoms. The largest absolute Gasteiger partial charge is 0.504 e. The molecular formula is C31H22O9. The summed E-state index contributed by atoms with van der Waals surface area (Å²) in [6.07, 6.45) is 0. The average Bonchev–Trinajstić information content (AvgIpc) is 2.99. The zero-order chi connectivity index (χ0) is 29.0. The molecule has 0 aliphatic rings. The van der Waals surface area contributed by atoms with E-state index in [9.17, 15) is 34.2 Å². The molecule has 0 radical (unpaired) electrons. The van der Waals surface area contributed by atoms with Gasteiger partial charge in [0.2, 0.25) is 5.75 Å². The van der Waals surface area contributed by atoms with Gasteiger partial charge in [0.1, 0.15) is 0 Å². The fraction of sp³-hybridized carbons (Fsp3) is 0.0645. The second kappa shape index (κ2) is 11.4. The summed E-state index contributed by atoms with van der Waals surface area (Å²) in [6, 6.07) is 20.6. The molecule has 4 rings (SSSR count). The molecule has 40 heavy (non-hydrogen) atoms. The van der Waals surface area contributed by atoms with Crippen molar-refractivity contribution in [3.8, 4) is 17.2 Å². The predicted molar refractivity (Wildman–Crippen MR) is 142 cm³/mol. The van der Waals surface area contributed by atoms with Crippen LogP contribution in [0, 0.1) is 0 Å². The van der Waals surface area contributed by atoms with E-state index in [1.54, 1.807) is 24.3 Å². The van der Waals surface area contributed by atoms with Crippen LogP contribution in [0.4, 0.5) is 0 Å². The molecule has 4 aromatic rings. The number of rotatable bonds is 8. The minimum Gasteiger partial charge on any atom is -0.504 e. The zero-order valence-electron chi connectivity index (χ0n) is 21.3. The van der Waals surface area contributed by atoms with E-state index in [-0.39, 0.29) is 28.0 Å². The Bertz CT molecular complexity index is 1660. The van der Waals surface area contributed by atoms with Crippen LogP contribution in [0.3, 0.4) is 0 Å². The van der Waals surface area contributed by atoms with Crippen LogP contribution in [0.15, 0.2) is 84.9 Å². The SMILES string of the molecule is COC(=O)c1c(C(=O)c2ccccc2)c(O)c(O)c(OC(=O)c2ccccc2)c1C(=O)c1cccc(C(C)=O)c1. The Morgan fingerprint density at radius 1 is 0.575 bits per heavy atom. The van der Waals surface area contributed by atoms with Crippen molar-refractivity contribution in [2.75, 3.05) is 7.11 Å². The first-order valence-corrected chi connectivity index (χ1v) is 11.9. The number of carbonyl (C=O) groups excluding carboxylic acids is 5. The maximum Gasteiger partial charge on any atom is 0.343 e. The predicted octanol–water partition coefficient (Wildman–Crippen LogP) is 4.77. The number of ketones is 3. The van der Waals surface area contributed by atoms with Crippen LogP contribution in [0.1, 0.15) is 69.8 Å². The third kappa shape index (κ3) is 5.21. The van der Waals surface area contributed by atoms with Crippen molar-refractivity contribution in [1.82, 2.24) is 0 Å². The Labute approximate surface area is 228 Å². The highest BCUT2D eigenvalue weighted by molar-refractivity contribution is 6.24. The Morgan fingerprint density at radius 3 is 1.68 bits per heavy atom. The van der Waals surface area contributed by atoms with E-state index < -0.39 is 57.4 Å². The number of aromatic hydroxyl groups is 2. The van der Waals surface area contributed by atoms with Crippen molar-refractivity contribution in [3.63, 3.8) is 0 Å². The highest BCUT2D eigenvalue weighted by Crippen LogP contribution is 2.46. The number of ether oxygens (including phenoxy) is 2. The van der Waals surface area contributed by atoms with Crippen molar-refractivity contribution in [2.45, 2.75) is 6.92 Å². The van der Waals surface area contributed by atoms with Crippen molar-refractivity contribution < 1.29 is 43.7 Å². The summed E-state index contributed by atoms with van der Waals surface area (Å²) >= 11 is 0. The maximum atomic E-state index is 14.0. The Morgan fingerprint density at radius 2 is 1.10 bits per heavy atom. The number of hydrogen-bond donors (Lipinski definition) is 2. The van der Waals surface area contributed by atoms with Crippen LogP contribution in [-0.2, 0) is 4.74 Å². The standard InChI is InChI=1S/C31H22O9/c1-17(32)20-14-9-15-21(16-20)26(34)24-22(31(38)39-2)23(25(33)18-10-5-3-6-11-18)27(35)28(36)29(24)40-30(37)19-12-7-4-8-13-19/h3-16,35-36H,1-2H3. The molecule has 4 aromatic carbocycles. The lowest BCUT2D eigenvalue weighted by atomic mass is 9.88. The number of esters is 2. The second-order valence-electron chi connectivity index (χ2n) is 8.56. The first-order valence-electron chi connectivity index (χ1n) is 11.9. The molecule has 0 saturated carbocycles. The van der Waals surface area contributed by atoms with E-state index in [1.165, 1.54) is 67.6 Å². The van der Waals surface area contributed by atoms with E-state index in [4.69, 9.17) is 9.47 Å². The number of benzene rings is 4. The highest BCUT2D eigenvalue weighted by atomic mass is 16.5. The van der Waals surface area contributed by atoms with Gasteiger partial charge in [-0.15, -0.1) is 0 Å². The zero-order valence-corrected chi connectivity index (χ0v) is 21.3. The summed E-state index contributed by atoms with van der Waals surface area (Å²) in [4.78, 5) is 65.6. The van der Waals surface area contributed by atoms with E-state index in [1.807, 2.05) is 0 Å². The molecule has 0 spiro atoms. The summed E-state index contributed by atoms with van der Waals surface area (Å²) in [7, 11) is 0.989. The number of hydrogen-bond acceptors (Lipinski definition) is 9. The minimum absolute atomic E-state index is 0.0216. The molecule has 0 amide bonds. The van der Waals surface area contributed by atoms with E-state index >= 15 is 0 Å². The van der Waals surface area contributed by atoms with E-state index in [2.05, 4.69) is 0 Å². The summed E-state index contributed by atoms with van der Waals surface area (Å²) in [5, 5.41) is 22.0. The smallest absolute Gasteiger partial charge is 0.343 e. The van der Waals surface area contributed by atoms with Gasteiger partial charge in [-0.2, -0.15) is 0 Å². The van der Waals surface area contributed by atoms with Crippen molar-refractivity contribution in [3.05, 3.63) is 124 Å². The van der Waals surface area contributed by atoms with Crippen LogP contribution in [-0.4, -0.2) is 46.6 Å². The normalized spacial score (nSPS) is 10.4. The van der Waals surface area contributed by atoms with Crippen LogP contribution in [0.25, 0.3) is 0 Å². The molecule has 9 nitrogen and oxygen atoms in total. The number of phenols is 2. The van der Waals surface area contributed by atoms with Gasteiger partial charge in [0.05, 0.1) is 29.4 Å². The van der Waals surface area contributed by atoms with Gasteiger partial charge in [-0.25, -0.2) is 9.59 Å². The van der Waals surface area contributed by atoms with Crippen molar-refractivity contribution in [1.29, 1.82) is 0 Å². The molecule has 0 bridgehead atoms. The molecule has 0 heterocycles. The van der Waals surface area contributed by atoms with Gasteiger partial charge in [-0.1, -0.05) is 66.7 Å². The summed E-state index contributed by atoms with van der Waals surface area (Å²) in [5.41, 5.74) is -2.10. The molecular weight excluding hydrogens is 516 g/mol. The Balaban J connectivity index is 2.06. The van der Waals surface area contributed by atoms with Gasteiger partial charge in [0, 0.05) is 16.7 Å². The first kappa shape index (κ1) is 27.5. The number of Topliss-reactive ketones (excluding diaryl/α,β-unsaturated/α-hetero) is 1. The molecule has 0 atom stereocenters. The average molecular weight is 539 g/mol. The molecule has 0 saturated heterocycles. The van der Waals surface area contributed by atoms with E-state index in [0.29, 0.717) is 0 Å². The summed E-state index contributed by atoms with van der Waals surface area (Å²) < 4.78 is 10.2. The van der Waals surface area contributed by atoms with Crippen molar-refractivity contribution in [2.24, 2.45) is 0 Å². The molecule has 0 aromatic heterocycles. The second-order valence-corrected chi connectivity index (χ2v) is 8.56. The third-order valence-corrected chi connectivity index (χ3v) is 6.02.